The van der Waals surface area contributed by atoms with E-state index in [1.165, 1.54) is 11.2 Å². The summed E-state index contributed by atoms with van der Waals surface area (Å²) in [6.07, 6.45) is 1.45. The number of anilines is 1. The first-order valence-electron chi connectivity index (χ1n) is 7.42. The molecule has 1 aromatic heterocycles. The lowest BCUT2D eigenvalue weighted by molar-refractivity contribution is -0.124. The molecule has 2 amide bonds. The van der Waals surface area contributed by atoms with Crippen molar-refractivity contribution in [2.75, 3.05) is 25.1 Å². The predicted octanol–water partition coefficient (Wildman–Crippen LogP) is 2.17. The van der Waals surface area contributed by atoms with Crippen molar-refractivity contribution in [3.05, 3.63) is 48.4 Å². The predicted molar refractivity (Wildman–Crippen MR) is 84.6 cm³/mol. The minimum absolute atomic E-state index is 0.138. The van der Waals surface area contributed by atoms with Gasteiger partial charge in [0.15, 0.2) is 5.76 Å². The van der Waals surface area contributed by atoms with Crippen LogP contribution in [0.4, 0.5) is 5.69 Å². The third-order valence-corrected chi connectivity index (χ3v) is 4.02. The number of benzene rings is 1. The van der Waals surface area contributed by atoms with Gasteiger partial charge in [-0.3, -0.25) is 9.59 Å². The van der Waals surface area contributed by atoms with Gasteiger partial charge in [0.05, 0.1) is 19.1 Å². The number of amides is 2. The Morgan fingerprint density at radius 1 is 1.22 bits per heavy atom. The molecule has 1 aliphatic rings. The van der Waals surface area contributed by atoms with Crippen molar-refractivity contribution in [2.45, 2.75) is 13.0 Å². The molecule has 0 spiro atoms. The largest absolute Gasteiger partial charge is 0.495 e. The molecule has 120 valence electrons. The molecule has 1 aromatic carbocycles. The van der Waals surface area contributed by atoms with Gasteiger partial charge in [0.2, 0.25) is 5.91 Å². The summed E-state index contributed by atoms with van der Waals surface area (Å²) >= 11 is 0. The van der Waals surface area contributed by atoms with Crippen LogP contribution in [0.25, 0.3) is 0 Å². The van der Waals surface area contributed by atoms with Crippen LogP contribution in [0.2, 0.25) is 0 Å². The molecule has 1 aliphatic heterocycles. The van der Waals surface area contributed by atoms with Crippen LogP contribution in [0.3, 0.4) is 0 Å². The molecule has 0 aliphatic carbocycles. The zero-order chi connectivity index (χ0) is 16.4. The number of carbonyl (C=O) groups is 2. The minimum Gasteiger partial charge on any atom is -0.495 e. The topological polar surface area (TPSA) is 63.0 Å². The van der Waals surface area contributed by atoms with Crippen LogP contribution in [0.5, 0.6) is 5.75 Å². The molecule has 6 heteroatoms. The first kappa shape index (κ1) is 15.1. The van der Waals surface area contributed by atoms with Crippen molar-refractivity contribution in [1.82, 2.24) is 4.90 Å². The van der Waals surface area contributed by atoms with E-state index < -0.39 is 6.04 Å². The summed E-state index contributed by atoms with van der Waals surface area (Å²) in [6, 6.07) is 10.1. The summed E-state index contributed by atoms with van der Waals surface area (Å²) in [6.45, 7) is 2.57. The Balaban J connectivity index is 1.83. The lowest BCUT2D eigenvalue weighted by Crippen LogP contribution is -2.57. The highest BCUT2D eigenvalue weighted by molar-refractivity contribution is 6.03. The lowest BCUT2D eigenvalue weighted by atomic mass is 10.1. The SMILES string of the molecule is COc1ccccc1N1CCN(C(=O)c2ccco2)[C@H](C)C1=O. The highest BCUT2D eigenvalue weighted by Gasteiger charge is 2.36. The van der Waals surface area contributed by atoms with Crippen LogP contribution in [0, 0.1) is 0 Å². The average Bonchev–Trinajstić information content (AvgIpc) is 3.11. The fourth-order valence-corrected chi connectivity index (χ4v) is 2.78. The second-order valence-corrected chi connectivity index (χ2v) is 5.31. The number of ether oxygens (including phenoxy) is 1. The van der Waals surface area contributed by atoms with E-state index in [2.05, 4.69) is 0 Å². The third-order valence-electron chi connectivity index (χ3n) is 4.02. The van der Waals surface area contributed by atoms with E-state index >= 15 is 0 Å². The van der Waals surface area contributed by atoms with Gasteiger partial charge in [-0.25, -0.2) is 0 Å². The number of para-hydroxylation sites is 2. The van der Waals surface area contributed by atoms with Gasteiger partial charge in [0.1, 0.15) is 11.8 Å². The molecule has 0 N–H and O–H groups in total. The molecule has 2 aromatic rings. The summed E-state index contributed by atoms with van der Waals surface area (Å²) < 4.78 is 10.5. The Hall–Kier alpha value is -2.76. The number of nitrogens with zero attached hydrogens (tertiary/aromatic N) is 2. The maximum atomic E-state index is 12.7. The average molecular weight is 314 g/mol. The highest BCUT2D eigenvalue weighted by atomic mass is 16.5. The molecule has 0 saturated carbocycles. The van der Waals surface area contributed by atoms with Crippen LogP contribution < -0.4 is 9.64 Å². The number of hydrogen-bond donors (Lipinski definition) is 0. The molecule has 0 radical (unpaired) electrons. The first-order valence-corrected chi connectivity index (χ1v) is 7.42. The molecule has 6 nitrogen and oxygen atoms in total. The van der Waals surface area contributed by atoms with E-state index in [-0.39, 0.29) is 17.6 Å². The minimum atomic E-state index is -0.564. The zero-order valence-electron chi connectivity index (χ0n) is 13.1. The zero-order valence-corrected chi connectivity index (χ0v) is 13.1. The highest BCUT2D eigenvalue weighted by Crippen LogP contribution is 2.30. The number of furan rings is 1. The Morgan fingerprint density at radius 2 is 2.00 bits per heavy atom. The van der Waals surface area contributed by atoms with Crippen LogP contribution >= 0.6 is 0 Å². The molecule has 1 fully saturated rings. The first-order chi connectivity index (χ1) is 11.1. The Morgan fingerprint density at radius 3 is 2.70 bits per heavy atom. The Bertz CT molecular complexity index is 711. The van der Waals surface area contributed by atoms with Gasteiger partial charge in [-0.15, -0.1) is 0 Å². The molecule has 3 rings (SSSR count). The van der Waals surface area contributed by atoms with E-state index in [9.17, 15) is 9.59 Å². The van der Waals surface area contributed by atoms with Gasteiger partial charge in [-0.05, 0) is 31.2 Å². The van der Waals surface area contributed by atoms with Gasteiger partial charge in [0.25, 0.3) is 5.91 Å². The van der Waals surface area contributed by atoms with Crippen molar-refractivity contribution in [3.63, 3.8) is 0 Å². The molecule has 23 heavy (non-hydrogen) atoms. The molecule has 0 bridgehead atoms. The number of methoxy groups -OCH3 is 1. The number of piperazine rings is 1. The second-order valence-electron chi connectivity index (χ2n) is 5.31. The van der Waals surface area contributed by atoms with E-state index in [4.69, 9.17) is 9.15 Å². The van der Waals surface area contributed by atoms with Gasteiger partial charge < -0.3 is 19.0 Å². The maximum Gasteiger partial charge on any atom is 0.290 e. The van der Waals surface area contributed by atoms with Gasteiger partial charge in [0, 0.05) is 13.1 Å². The Kier molecular flexibility index (Phi) is 4.06. The van der Waals surface area contributed by atoms with Crippen LogP contribution in [-0.4, -0.2) is 43.0 Å². The summed E-state index contributed by atoms with van der Waals surface area (Å²) in [5.74, 6) is 0.477. The molecular formula is C17H18N2O4. The number of hydrogen-bond acceptors (Lipinski definition) is 4. The molecule has 1 atom stereocenters. The molecular weight excluding hydrogens is 296 g/mol. The standard InChI is InChI=1S/C17H18N2O4/c1-12-16(20)19(13-6-3-4-7-14(13)22-2)10-9-18(12)17(21)15-8-5-11-23-15/h3-8,11-12H,9-10H2,1-2H3/t12-/m1/s1. The quantitative estimate of drug-likeness (QED) is 0.871. The normalized spacial score (nSPS) is 18.2. The summed E-state index contributed by atoms with van der Waals surface area (Å²) in [5, 5.41) is 0. The third kappa shape index (κ3) is 2.67. The molecule has 2 heterocycles. The molecule has 1 saturated heterocycles. The fraction of sp³-hybridized carbons (Fsp3) is 0.294. The van der Waals surface area contributed by atoms with Gasteiger partial charge >= 0.3 is 0 Å². The second kappa shape index (κ2) is 6.16. The van der Waals surface area contributed by atoms with Crippen LogP contribution in [0.15, 0.2) is 47.1 Å². The van der Waals surface area contributed by atoms with Gasteiger partial charge in [-0.1, -0.05) is 12.1 Å². The fourth-order valence-electron chi connectivity index (χ4n) is 2.78. The number of carbonyl (C=O) groups excluding carboxylic acids is 2. The van der Waals surface area contributed by atoms with Crippen LogP contribution in [-0.2, 0) is 4.79 Å². The Labute approximate surface area is 134 Å². The summed E-state index contributed by atoms with van der Waals surface area (Å²) in [4.78, 5) is 28.3. The van der Waals surface area contributed by atoms with E-state index in [0.29, 0.717) is 18.8 Å². The summed E-state index contributed by atoms with van der Waals surface area (Å²) in [5.41, 5.74) is 0.719. The summed E-state index contributed by atoms with van der Waals surface area (Å²) in [7, 11) is 1.57. The van der Waals surface area contributed by atoms with Crippen molar-refractivity contribution >= 4 is 17.5 Å². The van der Waals surface area contributed by atoms with Crippen molar-refractivity contribution in [1.29, 1.82) is 0 Å². The van der Waals surface area contributed by atoms with E-state index in [1.807, 2.05) is 24.3 Å². The van der Waals surface area contributed by atoms with Crippen molar-refractivity contribution in [2.24, 2.45) is 0 Å². The van der Waals surface area contributed by atoms with Gasteiger partial charge in [-0.2, -0.15) is 0 Å². The molecule has 0 unspecified atom stereocenters. The monoisotopic (exact) mass is 314 g/mol. The number of rotatable bonds is 3. The van der Waals surface area contributed by atoms with Crippen molar-refractivity contribution in [3.8, 4) is 5.75 Å². The van der Waals surface area contributed by atoms with E-state index in [0.717, 1.165) is 5.69 Å². The van der Waals surface area contributed by atoms with E-state index in [1.54, 1.807) is 31.1 Å². The lowest BCUT2D eigenvalue weighted by Gasteiger charge is -2.39. The van der Waals surface area contributed by atoms with Crippen molar-refractivity contribution < 1.29 is 18.7 Å². The van der Waals surface area contributed by atoms with Crippen LogP contribution in [0.1, 0.15) is 17.5 Å². The smallest absolute Gasteiger partial charge is 0.290 e. The maximum absolute atomic E-state index is 12.7.